The van der Waals surface area contributed by atoms with Crippen LogP contribution in [0.25, 0.3) is 0 Å². The van der Waals surface area contributed by atoms with Gasteiger partial charge in [-0.2, -0.15) is 0 Å². The molecule has 0 fully saturated rings. The average Bonchev–Trinajstić information content (AvgIpc) is 1.59. The molecule has 0 aromatic carbocycles. The van der Waals surface area contributed by atoms with E-state index in [4.69, 9.17) is 0 Å². The molecule has 0 bridgehead atoms. The van der Waals surface area contributed by atoms with Crippen molar-refractivity contribution < 1.29 is 72.4 Å². The predicted octanol–water partition coefficient (Wildman–Crippen LogP) is -5.27. The Morgan fingerprint density at radius 1 is 1.42 bits per heavy atom. The van der Waals surface area contributed by atoms with E-state index in [2.05, 4.69) is 0 Å². The summed E-state index contributed by atoms with van der Waals surface area (Å²) >= 11 is 0. The zero-order valence-corrected chi connectivity index (χ0v) is 13.7. The van der Waals surface area contributed by atoms with Crippen molar-refractivity contribution >= 4 is 19.4 Å². The molecule has 1 unspecified atom stereocenters. The maximum absolute atomic E-state index is 10.1. The molecular formula is C5H11Na2O3S2+. The van der Waals surface area contributed by atoms with E-state index in [0.29, 0.717) is 10.3 Å². The smallest absolute Gasteiger partial charge is 0.746 e. The molecule has 0 aromatic heterocycles. The van der Waals surface area contributed by atoms with Gasteiger partial charge in [0.15, 0.2) is 5.25 Å². The summed E-state index contributed by atoms with van der Waals surface area (Å²) in [4.78, 5) is 0. The first-order valence-corrected chi connectivity index (χ1v) is 5.90. The molecule has 0 aromatic rings. The van der Waals surface area contributed by atoms with E-state index in [9.17, 15) is 13.3 Å². The van der Waals surface area contributed by atoms with E-state index in [1.54, 1.807) is 6.92 Å². The number of hydrogen-bond donors (Lipinski definition) is 0. The third-order valence-corrected chi connectivity index (χ3v) is 3.47. The molecule has 1 atom stereocenters. The molecule has 0 aliphatic rings. The average molecular weight is 229 g/mol. The fraction of sp³-hybridized carbons (Fsp3) is 1.00. The van der Waals surface area contributed by atoms with E-state index in [1.165, 1.54) is 0 Å². The molecule has 0 amide bonds. The van der Waals surface area contributed by atoms with Crippen molar-refractivity contribution in [3.8, 4) is 0 Å². The van der Waals surface area contributed by atoms with Crippen LogP contribution in [0.4, 0.5) is 0 Å². The van der Waals surface area contributed by atoms with Crippen LogP contribution in [0.5, 0.6) is 0 Å². The monoisotopic (exact) mass is 229 g/mol. The summed E-state index contributed by atoms with van der Waals surface area (Å²) in [6, 6.07) is 0. The Balaban J connectivity index is -0.000000405. The molecule has 0 heterocycles. The van der Waals surface area contributed by atoms with Crippen molar-refractivity contribution in [2.24, 2.45) is 0 Å². The van der Waals surface area contributed by atoms with Gasteiger partial charge in [-0.05, 0) is 6.92 Å². The van der Waals surface area contributed by atoms with Gasteiger partial charge in [0.25, 0.3) is 0 Å². The molecule has 3 nitrogen and oxygen atoms in total. The predicted molar refractivity (Wildman–Crippen MR) is 41.4 cm³/mol. The van der Waals surface area contributed by atoms with Crippen molar-refractivity contribution in [3.63, 3.8) is 0 Å². The summed E-state index contributed by atoms with van der Waals surface area (Å²) in [6.45, 7) is 3.69. The molecule has 0 rings (SSSR count). The first-order valence-electron chi connectivity index (χ1n) is 3.10. The van der Waals surface area contributed by atoms with Crippen LogP contribution in [0.3, 0.4) is 0 Å². The van der Waals surface area contributed by atoms with Gasteiger partial charge < -0.3 is 9.11 Å². The van der Waals surface area contributed by atoms with Crippen LogP contribution in [0.1, 0.15) is 26.7 Å². The fourth-order valence-electron chi connectivity index (χ4n) is 0.656. The molecule has 12 heavy (non-hydrogen) atoms. The second kappa shape index (κ2) is 9.83. The first kappa shape index (κ1) is 19.8. The molecule has 0 aliphatic heterocycles. The molecule has 0 N–H and O–H groups in total. The minimum Gasteiger partial charge on any atom is -0.746 e. The maximum Gasteiger partial charge on any atom is 1.00 e. The summed E-state index contributed by atoms with van der Waals surface area (Å²) < 4.78 is 30.4. The van der Waals surface area contributed by atoms with Crippen LogP contribution in [0.15, 0.2) is 0 Å². The Hall–Kier alpha value is 2.29. The Kier molecular flexibility index (Phi) is 16.2. The Morgan fingerprint density at radius 3 is 2.08 bits per heavy atom. The van der Waals surface area contributed by atoms with Crippen molar-refractivity contribution in [2.45, 2.75) is 31.9 Å². The molecule has 0 saturated heterocycles. The minimum atomic E-state index is -4.08. The summed E-state index contributed by atoms with van der Waals surface area (Å²) in [5.74, 6) is 0. The van der Waals surface area contributed by atoms with Crippen molar-refractivity contribution in [1.82, 2.24) is 0 Å². The Morgan fingerprint density at radius 2 is 1.83 bits per heavy atom. The topological polar surface area (TPSA) is 63.2 Å². The van der Waals surface area contributed by atoms with Crippen LogP contribution >= 0.6 is 0 Å². The van der Waals surface area contributed by atoms with Gasteiger partial charge in [0.1, 0.15) is 0 Å². The fourth-order valence-corrected chi connectivity index (χ4v) is 2.89. The van der Waals surface area contributed by atoms with Crippen LogP contribution in [0.2, 0.25) is 0 Å². The van der Waals surface area contributed by atoms with Crippen molar-refractivity contribution in [1.29, 1.82) is 0 Å². The summed E-state index contributed by atoms with van der Waals surface area (Å²) in [5.41, 5.74) is 0. The maximum atomic E-state index is 10.1. The zero-order chi connectivity index (χ0) is 8.20. The Bertz CT molecular complexity index is 193. The SMILES string of the molecule is CCCC(C)[S+]=S(=O)([O-])[O-].[Na+].[Na+]. The van der Waals surface area contributed by atoms with Gasteiger partial charge in [0.2, 0.25) is 10.3 Å². The second-order valence-corrected chi connectivity index (χ2v) is 5.72. The van der Waals surface area contributed by atoms with Gasteiger partial charge >= 0.3 is 59.1 Å². The third-order valence-electron chi connectivity index (χ3n) is 0.977. The van der Waals surface area contributed by atoms with Crippen molar-refractivity contribution in [2.75, 3.05) is 0 Å². The second-order valence-electron chi connectivity index (χ2n) is 2.10. The van der Waals surface area contributed by atoms with Gasteiger partial charge in [-0.1, -0.05) is 13.3 Å². The van der Waals surface area contributed by atoms with E-state index in [-0.39, 0.29) is 64.4 Å². The van der Waals surface area contributed by atoms with E-state index in [1.807, 2.05) is 6.92 Å². The summed E-state index contributed by atoms with van der Waals surface area (Å²) in [7, 11) is -3.58. The van der Waals surface area contributed by atoms with E-state index >= 15 is 0 Å². The first-order chi connectivity index (χ1) is 4.45. The number of rotatable bonds is 3. The van der Waals surface area contributed by atoms with Crippen molar-refractivity contribution in [3.05, 3.63) is 0 Å². The van der Waals surface area contributed by atoms with Gasteiger partial charge in [0, 0.05) is 6.42 Å². The summed E-state index contributed by atoms with van der Waals surface area (Å²) in [5, 5.41) is -0.0764. The van der Waals surface area contributed by atoms with E-state index < -0.39 is 9.05 Å². The van der Waals surface area contributed by atoms with Crippen LogP contribution < -0.4 is 59.1 Å². The van der Waals surface area contributed by atoms with Crippen LogP contribution in [-0.4, -0.2) is 18.6 Å². The van der Waals surface area contributed by atoms with E-state index in [0.717, 1.165) is 12.8 Å². The zero-order valence-electron chi connectivity index (χ0n) is 8.03. The number of hydrogen-bond acceptors (Lipinski definition) is 3. The molecule has 0 aliphatic carbocycles. The van der Waals surface area contributed by atoms with Gasteiger partial charge in [0.05, 0.1) is 9.05 Å². The standard InChI is InChI=1S/C5H12O3S2.2Na/c1-3-4-5(2)9-10(6,7)8;;/h5H,3-4H2,1-2H3,(H-,6,7,8);;/q;2*+1/p-1. The molecule has 0 spiro atoms. The summed E-state index contributed by atoms with van der Waals surface area (Å²) in [6.07, 6.45) is 1.68. The molecule has 62 valence electrons. The molecule has 7 heteroatoms. The Labute approximate surface area is 122 Å². The van der Waals surface area contributed by atoms with Gasteiger partial charge in [-0.25, -0.2) is 4.21 Å². The minimum absolute atomic E-state index is 0. The molecule has 0 saturated carbocycles. The van der Waals surface area contributed by atoms with Gasteiger partial charge in [-0.15, -0.1) is 0 Å². The third kappa shape index (κ3) is 14.8. The molecular weight excluding hydrogens is 218 g/mol. The van der Waals surface area contributed by atoms with Gasteiger partial charge in [-0.3, -0.25) is 0 Å². The molecule has 0 radical (unpaired) electrons. The largest absolute Gasteiger partial charge is 1.00 e. The van der Waals surface area contributed by atoms with Crippen LogP contribution in [0, 0.1) is 0 Å². The normalized spacial score (nSPS) is 12.3. The quantitative estimate of drug-likeness (QED) is 0.359. The van der Waals surface area contributed by atoms with Crippen LogP contribution in [-0.2, 0) is 19.4 Å².